The Hall–Kier alpha value is -2.81. The van der Waals surface area contributed by atoms with Crippen LogP contribution in [-0.4, -0.2) is 25.0 Å². The predicted molar refractivity (Wildman–Crippen MR) is 109 cm³/mol. The minimum Gasteiger partial charge on any atom is -0.465 e. The molecule has 1 heterocycles. The first kappa shape index (κ1) is 23.8. The zero-order chi connectivity index (χ0) is 23.8. The molecule has 1 aliphatic rings. The van der Waals surface area contributed by atoms with Crippen molar-refractivity contribution in [2.75, 3.05) is 18.1 Å². The van der Waals surface area contributed by atoms with Crippen molar-refractivity contribution in [3.05, 3.63) is 52.3 Å². The molecular weight excluding hydrogens is 454 g/mol. The molecule has 172 valence electrons. The van der Waals surface area contributed by atoms with Crippen molar-refractivity contribution in [3.63, 3.8) is 0 Å². The Labute approximate surface area is 186 Å². The summed E-state index contributed by atoms with van der Waals surface area (Å²) in [6.45, 7) is 5.24. The van der Waals surface area contributed by atoms with E-state index in [1.807, 2.05) is 13.8 Å². The molecule has 3 rings (SSSR count). The van der Waals surface area contributed by atoms with Crippen LogP contribution in [-0.2, 0) is 20.5 Å². The maximum Gasteiger partial charge on any atom is 0.416 e. The van der Waals surface area contributed by atoms with E-state index in [1.165, 1.54) is 23.1 Å². The maximum absolute atomic E-state index is 14.3. The normalized spacial score (nSPS) is 15.8. The first-order chi connectivity index (χ1) is 14.9. The number of hydrogen-bond acceptors (Lipinski definition) is 4. The lowest BCUT2D eigenvalue weighted by atomic mass is 9.89. The summed E-state index contributed by atoms with van der Waals surface area (Å²) in [6.07, 6.45) is -4.76. The van der Waals surface area contributed by atoms with E-state index < -0.39 is 40.2 Å². The molecule has 0 radical (unpaired) electrons. The molecule has 0 N–H and O–H groups in total. The molecule has 2 aromatic carbocycles. The third kappa shape index (κ3) is 4.67. The molecule has 0 spiro atoms. The van der Waals surface area contributed by atoms with E-state index in [9.17, 15) is 27.2 Å². The topological polar surface area (TPSA) is 55.8 Å². The van der Waals surface area contributed by atoms with Gasteiger partial charge < -0.3 is 14.4 Å². The third-order valence-corrected chi connectivity index (χ3v) is 5.24. The number of halogens is 5. The van der Waals surface area contributed by atoms with Gasteiger partial charge in [0.05, 0.1) is 23.1 Å². The highest BCUT2D eigenvalue weighted by molar-refractivity contribution is 6.32. The molecule has 0 aliphatic carbocycles. The monoisotopic (exact) mass is 473 g/mol. The average molecular weight is 474 g/mol. The van der Waals surface area contributed by atoms with E-state index >= 15 is 0 Å². The molecule has 5 nitrogen and oxygen atoms in total. The number of hydrogen-bond donors (Lipinski definition) is 0. The molecule has 1 amide bonds. The zero-order valence-corrected chi connectivity index (χ0v) is 18.2. The number of ether oxygens (including phenoxy) is 2. The number of fused-ring (bicyclic) bond motifs is 1. The summed E-state index contributed by atoms with van der Waals surface area (Å²) in [6, 6.07) is 5.32. The van der Waals surface area contributed by atoms with E-state index in [1.54, 1.807) is 6.92 Å². The van der Waals surface area contributed by atoms with Crippen LogP contribution in [0.15, 0.2) is 30.3 Å². The van der Waals surface area contributed by atoms with Gasteiger partial charge >= 0.3 is 12.1 Å². The smallest absolute Gasteiger partial charge is 0.416 e. The van der Waals surface area contributed by atoms with Gasteiger partial charge in [-0.2, -0.15) is 13.2 Å². The Bertz CT molecular complexity index is 1030. The predicted octanol–water partition coefficient (Wildman–Crippen LogP) is 5.94. The average Bonchev–Trinajstić information content (AvgIpc) is 2.95. The van der Waals surface area contributed by atoms with Crippen LogP contribution in [0.1, 0.15) is 37.8 Å². The molecule has 1 aliphatic heterocycles. The van der Waals surface area contributed by atoms with E-state index in [4.69, 9.17) is 21.1 Å². The van der Waals surface area contributed by atoms with Gasteiger partial charge in [-0.3, -0.25) is 9.59 Å². The summed E-state index contributed by atoms with van der Waals surface area (Å²) in [5.41, 5.74) is -0.204. The standard InChI is InChI=1S/C22H20ClF4NO4/c1-4-31-18(29)10-28-17-6-5-13(9-14(17)19(11(2)3)21(28)30)32-20-15(23)7-12(8-16(20)24)22(25,26)27/h5-9,11,19H,4,10H2,1-3H3. The summed E-state index contributed by atoms with van der Waals surface area (Å²) >= 11 is 5.84. The second kappa shape index (κ2) is 8.97. The van der Waals surface area contributed by atoms with Gasteiger partial charge in [0.15, 0.2) is 11.6 Å². The van der Waals surface area contributed by atoms with Crippen molar-refractivity contribution in [2.24, 2.45) is 5.92 Å². The number of esters is 1. The van der Waals surface area contributed by atoms with Crippen LogP contribution in [0, 0.1) is 11.7 Å². The first-order valence-electron chi connectivity index (χ1n) is 9.79. The van der Waals surface area contributed by atoms with Crippen molar-refractivity contribution in [2.45, 2.75) is 32.9 Å². The molecular formula is C22H20ClF4NO4. The fourth-order valence-corrected chi connectivity index (χ4v) is 3.84. The molecule has 32 heavy (non-hydrogen) atoms. The number of alkyl halides is 3. The minimum absolute atomic E-state index is 0.0840. The second-order valence-electron chi connectivity index (χ2n) is 7.54. The minimum atomic E-state index is -4.76. The SMILES string of the molecule is CCOC(=O)CN1C(=O)C(C(C)C)c2cc(Oc3c(F)cc(C(F)(F)F)cc3Cl)ccc21. The first-order valence-corrected chi connectivity index (χ1v) is 10.2. The van der Waals surface area contributed by atoms with E-state index in [-0.39, 0.29) is 30.7 Å². The van der Waals surface area contributed by atoms with Crippen LogP contribution in [0.4, 0.5) is 23.2 Å². The van der Waals surface area contributed by atoms with Gasteiger partial charge in [0.25, 0.3) is 0 Å². The van der Waals surface area contributed by atoms with Gasteiger partial charge in [-0.1, -0.05) is 25.4 Å². The number of carbonyl (C=O) groups is 2. The van der Waals surface area contributed by atoms with Gasteiger partial charge in [0.1, 0.15) is 12.3 Å². The fraction of sp³-hybridized carbons (Fsp3) is 0.364. The van der Waals surface area contributed by atoms with Crippen molar-refractivity contribution < 1.29 is 36.6 Å². The van der Waals surface area contributed by atoms with Crippen molar-refractivity contribution in [1.29, 1.82) is 0 Å². The molecule has 1 atom stereocenters. The highest BCUT2D eigenvalue weighted by atomic mass is 35.5. The Balaban J connectivity index is 1.96. The highest BCUT2D eigenvalue weighted by Crippen LogP contribution is 2.44. The number of rotatable bonds is 6. The zero-order valence-electron chi connectivity index (χ0n) is 17.4. The van der Waals surface area contributed by atoms with Crippen LogP contribution in [0.2, 0.25) is 5.02 Å². The molecule has 2 aromatic rings. The molecule has 0 fully saturated rings. The van der Waals surface area contributed by atoms with Crippen molar-refractivity contribution in [3.8, 4) is 11.5 Å². The number of nitrogens with zero attached hydrogens (tertiary/aromatic N) is 1. The van der Waals surface area contributed by atoms with E-state index in [2.05, 4.69) is 0 Å². The Morgan fingerprint density at radius 2 is 1.91 bits per heavy atom. The molecule has 0 aromatic heterocycles. The third-order valence-electron chi connectivity index (χ3n) is 4.96. The summed E-state index contributed by atoms with van der Waals surface area (Å²) in [4.78, 5) is 26.2. The lowest BCUT2D eigenvalue weighted by Gasteiger charge is -2.18. The largest absolute Gasteiger partial charge is 0.465 e. The number of carbonyl (C=O) groups excluding carboxylic acids is 2. The van der Waals surface area contributed by atoms with Gasteiger partial charge in [-0.25, -0.2) is 4.39 Å². The summed E-state index contributed by atoms with van der Waals surface area (Å²) in [7, 11) is 0. The quantitative estimate of drug-likeness (QED) is 0.385. The van der Waals surface area contributed by atoms with E-state index in [0.717, 1.165) is 0 Å². The van der Waals surface area contributed by atoms with Gasteiger partial charge in [0, 0.05) is 5.69 Å². The van der Waals surface area contributed by atoms with Crippen LogP contribution in [0.25, 0.3) is 0 Å². The lowest BCUT2D eigenvalue weighted by molar-refractivity contribution is -0.142. The Morgan fingerprint density at radius 1 is 1.22 bits per heavy atom. The molecule has 0 bridgehead atoms. The second-order valence-corrected chi connectivity index (χ2v) is 7.95. The Kier molecular flexibility index (Phi) is 6.69. The highest BCUT2D eigenvalue weighted by Gasteiger charge is 2.40. The maximum atomic E-state index is 14.3. The molecule has 0 saturated carbocycles. The summed E-state index contributed by atoms with van der Waals surface area (Å²) < 4.78 is 63.3. The molecule has 0 saturated heterocycles. The molecule has 1 unspecified atom stereocenters. The van der Waals surface area contributed by atoms with Gasteiger partial charge in [-0.05, 0) is 48.7 Å². The lowest BCUT2D eigenvalue weighted by Crippen LogP contribution is -2.35. The van der Waals surface area contributed by atoms with Crippen LogP contribution >= 0.6 is 11.6 Å². The summed E-state index contributed by atoms with van der Waals surface area (Å²) in [5.74, 6) is -3.32. The van der Waals surface area contributed by atoms with Gasteiger partial charge in [0.2, 0.25) is 5.91 Å². The van der Waals surface area contributed by atoms with Crippen LogP contribution in [0.5, 0.6) is 11.5 Å². The summed E-state index contributed by atoms with van der Waals surface area (Å²) in [5, 5.41) is -0.543. The number of benzene rings is 2. The van der Waals surface area contributed by atoms with Crippen LogP contribution < -0.4 is 9.64 Å². The van der Waals surface area contributed by atoms with Crippen molar-refractivity contribution in [1.82, 2.24) is 0 Å². The van der Waals surface area contributed by atoms with Crippen LogP contribution in [0.3, 0.4) is 0 Å². The van der Waals surface area contributed by atoms with E-state index in [0.29, 0.717) is 23.4 Å². The Morgan fingerprint density at radius 3 is 2.47 bits per heavy atom. The van der Waals surface area contributed by atoms with Crippen molar-refractivity contribution >= 4 is 29.2 Å². The molecule has 10 heteroatoms. The van der Waals surface area contributed by atoms with Gasteiger partial charge in [-0.15, -0.1) is 0 Å². The number of amides is 1. The number of anilines is 1. The fourth-order valence-electron chi connectivity index (χ4n) is 3.59.